The van der Waals surface area contributed by atoms with E-state index in [9.17, 15) is 14.4 Å². The van der Waals surface area contributed by atoms with Crippen molar-refractivity contribution in [2.75, 3.05) is 13.2 Å². The van der Waals surface area contributed by atoms with E-state index in [1.54, 1.807) is 0 Å². The summed E-state index contributed by atoms with van der Waals surface area (Å²) in [4.78, 5) is 37.9. The minimum Gasteiger partial charge on any atom is -0.462 e. The fourth-order valence-corrected chi connectivity index (χ4v) is 8.64. The first-order chi connectivity index (χ1) is 35.0. The fraction of sp³-hybridized carbons (Fsp3) is 0.769. The molecule has 0 saturated heterocycles. The van der Waals surface area contributed by atoms with Crippen molar-refractivity contribution < 1.29 is 28.6 Å². The molecule has 6 heteroatoms. The second kappa shape index (κ2) is 59.4. The lowest BCUT2D eigenvalue weighted by atomic mass is 10.0. The number of esters is 3. The van der Waals surface area contributed by atoms with E-state index >= 15 is 0 Å². The summed E-state index contributed by atoms with van der Waals surface area (Å²) in [7, 11) is 0. The van der Waals surface area contributed by atoms with Crippen molar-refractivity contribution in [3.63, 3.8) is 0 Å². The van der Waals surface area contributed by atoms with E-state index in [1.165, 1.54) is 167 Å². The maximum Gasteiger partial charge on any atom is 0.306 e. The first-order valence-corrected chi connectivity index (χ1v) is 30.4. The van der Waals surface area contributed by atoms with Gasteiger partial charge in [0.15, 0.2) is 6.10 Å². The molecule has 0 N–H and O–H groups in total. The van der Waals surface area contributed by atoms with Crippen LogP contribution in [0.5, 0.6) is 0 Å². The zero-order chi connectivity index (χ0) is 51.4. The number of carbonyl (C=O) groups is 3. The van der Waals surface area contributed by atoms with E-state index in [1.807, 2.05) is 0 Å². The van der Waals surface area contributed by atoms with Crippen LogP contribution in [0.25, 0.3) is 0 Å². The smallest absolute Gasteiger partial charge is 0.306 e. The van der Waals surface area contributed by atoms with E-state index in [-0.39, 0.29) is 31.1 Å². The molecule has 0 spiro atoms. The van der Waals surface area contributed by atoms with Gasteiger partial charge in [-0.1, -0.05) is 267 Å². The average Bonchev–Trinajstić information content (AvgIpc) is 3.37. The van der Waals surface area contributed by atoms with E-state index in [0.29, 0.717) is 19.3 Å². The summed E-state index contributed by atoms with van der Waals surface area (Å²) in [6.07, 6.45) is 76.6. The highest BCUT2D eigenvalue weighted by Gasteiger charge is 2.19. The lowest BCUT2D eigenvalue weighted by Crippen LogP contribution is -2.30. The third-order valence-corrected chi connectivity index (χ3v) is 13.2. The van der Waals surface area contributed by atoms with Gasteiger partial charge in [-0.3, -0.25) is 14.4 Å². The largest absolute Gasteiger partial charge is 0.462 e. The number of hydrogen-bond acceptors (Lipinski definition) is 6. The lowest BCUT2D eigenvalue weighted by Gasteiger charge is -2.18. The fourth-order valence-electron chi connectivity index (χ4n) is 8.64. The van der Waals surface area contributed by atoms with E-state index in [4.69, 9.17) is 14.2 Å². The molecule has 71 heavy (non-hydrogen) atoms. The second-order valence-electron chi connectivity index (χ2n) is 20.2. The molecule has 0 saturated carbocycles. The molecular formula is C65H114O6. The summed E-state index contributed by atoms with van der Waals surface area (Å²) in [5, 5.41) is 0. The van der Waals surface area contributed by atoms with Gasteiger partial charge in [0.1, 0.15) is 13.2 Å². The number of allylic oxidation sites excluding steroid dienone is 12. The van der Waals surface area contributed by atoms with Crippen LogP contribution in [0.4, 0.5) is 0 Å². The van der Waals surface area contributed by atoms with Crippen LogP contribution >= 0.6 is 0 Å². The van der Waals surface area contributed by atoms with Crippen molar-refractivity contribution in [3.8, 4) is 0 Å². The molecule has 6 nitrogen and oxygen atoms in total. The minimum atomic E-state index is -0.773. The Labute approximate surface area is 440 Å². The molecule has 0 aromatic rings. The van der Waals surface area contributed by atoms with Crippen LogP contribution in [0.2, 0.25) is 0 Å². The predicted octanol–water partition coefficient (Wildman–Crippen LogP) is 20.5. The van der Waals surface area contributed by atoms with Gasteiger partial charge in [-0.2, -0.15) is 0 Å². The van der Waals surface area contributed by atoms with Crippen LogP contribution < -0.4 is 0 Å². The van der Waals surface area contributed by atoms with Crippen LogP contribution in [0.3, 0.4) is 0 Å². The molecule has 1 atom stereocenters. The van der Waals surface area contributed by atoms with Gasteiger partial charge in [-0.05, 0) is 89.9 Å². The van der Waals surface area contributed by atoms with E-state index < -0.39 is 6.10 Å². The van der Waals surface area contributed by atoms with E-state index in [0.717, 1.165) is 96.3 Å². The molecular weight excluding hydrogens is 877 g/mol. The molecule has 0 aromatic heterocycles. The number of ether oxygens (including phenoxy) is 3. The van der Waals surface area contributed by atoms with Gasteiger partial charge in [0.2, 0.25) is 0 Å². The van der Waals surface area contributed by atoms with Crippen LogP contribution in [-0.4, -0.2) is 37.2 Å². The van der Waals surface area contributed by atoms with Crippen LogP contribution in [0.1, 0.15) is 303 Å². The molecule has 0 heterocycles. The Kier molecular flexibility index (Phi) is 56.8. The third-order valence-electron chi connectivity index (χ3n) is 13.2. The quantitative estimate of drug-likeness (QED) is 0.0261. The standard InChI is InChI=1S/C65H114O6/c1-4-7-10-13-15-17-19-21-23-25-27-29-31-32-34-35-37-39-41-43-45-47-49-52-55-58-64(67)70-61-62(60-69-63(66)57-54-51-12-9-6-3)71-65(68)59-56-53-50-48-46-44-42-40-38-36-33-30-28-26-24-22-20-18-16-14-11-8-5-2/h7,10,15,17,20-23,26-29,62H,4-6,8-9,11-14,16,18-19,24-25,30-61H2,1-3H3/b10-7-,17-15-,22-20-,23-21-,28-26-,29-27-. The van der Waals surface area contributed by atoms with Crippen molar-refractivity contribution in [2.24, 2.45) is 0 Å². The van der Waals surface area contributed by atoms with Crippen molar-refractivity contribution in [3.05, 3.63) is 72.9 Å². The molecule has 0 aromatic carbocycles. The molecule has 0 bridgehead atoms. The zero-order valence-electron chi connectivity index (χ0n) is 47.0. The van der Waals surface area contributed by atoms with Gasteiger partial charge in [0.05, 0.1) is 0 Å². The number of unbranched alkanes of at least 4 members (excludes halogenated alkanes) is 32. The summed E-state index contributed by atoms with van der Waals surface area (Å²) in [6.45, 7) is 6.46. The molecule has 0 aliphatic heterocycles. The van der Waals surface area contributed by atoms with Crippen molar-refractivity contribution in [1.29, 1.82) is 0 Å². The lowest BCUT2D eigenvalue weighted by molar-refractivity contribution is -0.167. The van der Waals surface area contributed by atoms with E-state index in [2.05, 4.69) is 93.7 Å². The Morgan fingerprint density at radius 3 is 0.859 bits per heavy atom. The van der Waals surface area contributed by atoms with Gasteiger partial charge in [-0.25, -0.2) is 0 Å². The van der Waals surface area contributed by atoms with Gasteiger partial charge in [0.25, 0.3) is 0 Å². The number of hydrogen-bond donors (Lipinski definition) is 0. The number of carbonyl (C=O) groups excluding carboxylic acids is 3. The maximum absolute atomic E-state index is 12.8. The van der Waals surface area contributed by atoms with Crippen molar-refractivity contribution in [2.45, 2.75) is 309 Å². The van der Waals surface area contributed by atoms with Crippen molar-refractivity contribution >= 4 is 17.9 Å². The molecule has 410 valence electrons. The topological polar surface area (TPSA) is 78.9 Å². The first-order valence-electron chi connectivity index (χ1n) is 30.4. The molecule has 0 rings (SSSR count). The van der Waals surface area contributed by atoms with Gasteiger partial charge < -0.3 is 14.2 Å². The molecule has 0 fully saturated rings. The monoisotopic (exact) mass is 991 g/mol. The highest BCUT2D eigenvalue weighted by Crippen LogP contribution is 2.16. The molecule has 0 amide bonds. The average molecular weight is 992 g/mol. The minimum absolute atomic E-state index is 0.0755. The Bertz CT molecular complexity index is 1320. The summed E-state index contributed by atoms with van der Waals surface area (Å²) >= 11 is 0. The summed E-state index contributed by atoms with van der Waals surface area (Å²) in [5.74, 6) is -0.883. The maximum atomic E-state index is 12.8. The van der Waals surface area contributed by atoms with Gasteiger partial charge >= 0.3 is 17.9 Å². The SMILES string of the molecule is CC/C=C\C/C=C\C/C=C\C/C=C\CCCCCCCCCCCCCCC(=O)OCC(COC(=O)CCCCCCC)OC(=O)CCCCCCCCCCCCC/C=C\C/C=C\CCCCCCC. The van der Waals surface area contributed by atoms with Crippen LogP contribution in [0, 0.1) is 0 Å². The molecule has 0 aliphatic carbocycles. The summed E-state index contributed by atoms with van der Waals surface area (Å²) in [6, 6.07) is 0. The Morgan fingerprint density at radius 2 is 0.549 bits per heavy atom. The molecule has 0 radical (unpaired) electrons. The van der Waals surface area contributed by atoms with Crippen LogP contribution in [0.15, 0.2) is 72.9 Å². The van der Waals surface area contributed by atoms with Crippen LogP contribution in [-0.2, 0) is 28.6 Å². The second-order valence-corrected chi connectivity index (χ2v) is 20.2. The Balaban J connectivity index is 4.06. The zero-order valence-corrected chi connectivity index (χ0v) is 47.0. The predicted molar refractivity (Wildman–Crippen MR) is 307 cm³/mol. The highest BCUT2D eigenvalue weighted by atomic mass is 16.6. The summed E-state index contributed by atoms with van der Waals surface area (Å²) in [5.41, 5.74) is 0. The summed E-state index contributed by atoms with van der Waals surface area (Å²) < 4.78 is 16.8. The molecule has 0 aliphatic rings. The normalized spacial score (nSPS) is 12.5. The van der Waals surface area contributed by atoms with Gasteiger partial charge in [-0.15, -0.1) is 0 Å². The first kappa shape index (κ1) is 67.8. The third kappa shape index (κ3) is 57.6. The Morgan fingerprint density at radius 1 is 0.296 bits per heavy atom. The Hall–Kier alpha value is -3.15. The molecule has 1 unspecified atom stereocenters. The van der Waals surface area contributed by atoms with Gasteiger partial charge in [0, 0.05) is 19.3 Å². The van der Waals surface area contributed by atoms with Crippen molar-refractivity contribution in [1.82, 2.24) is 0 Å². The highest BCUT2D eigenvalue weighted by molar-refractivity contribution is 5.71. The number of rotatable bonds is 55.